The lowest BCUT2D eigenvalue weighted by Gasteiger charge is -2.08. The number of nitrogens with zero attached hydrogens (tertiary/aromatic N) is 5. The second-order valence-corrected chi connectivity index (χ2v) is 6.91. The standard InChI is InChI=1S/C15H12F3N5O.C5H9NO2.CH4O/c16-15(17,18)6-8-20-14-19-7-4-12(22-14)10-2-1-3-11(21-10)13-5-9-24-23-13;1-6-3-2-4(7)5(6)8;1-2/h1-5,7,9H,6,8H2,(H,19,20,22);4,7H,2-3H2,1H3;2H,1H3. The fraction of sp³-hybridized carbons (Fsp3) is 0.381. The fourth-order valence-electron chi connectivity index (χ4n) is 2.77. The Morgan fingerprint density at radius 1 is 1.12 bits per heavy atom. The molecule has 4 rings (SSSR count). The maximum atomic E-state index is 12.2. The average molecular weight is 482 g/mol. The van der Waals surface area contributed by atoms with Gasteiger partial charge in [0.15, 0.2) is 0 Å². The maximum Gasteiger partial charge on any atom is 0.390 e. The van der Waals surface area contributed by atoms with Crippen molar-refractivity contribution >= 4 is 11.9 Å². The van der Waals surface area contributed by atoms with Crippen molar-refractivity contribution in [3.8, 4) is 22.8 Å². The summed E-state index contributed by atoms with van der Waals surface area (Å²) in [6, 6.07) is 8.60. The zero-order valence-corrected chi connectivity index (χ0v) is 18.5. The first kappa shape index (κ1) is 26.7. The summed E-state index contributed by atoms with van der Waals surface area (Å²) in [6.45, 7) is 0.402. The molecule has 3 aromatic heterocycles. The van der Waals surface area contributed by atoms with E-state index in [4.69, 9.17) is 14.7 Å². The van der Waals surface area contributed by atoms with Crippen LogP contribution >= 0.6 is 0 Å². The third-order valence-corrected chi connectivity index (χ3v) is 4.46. The molecule has 0 radical (unpaired) electrons. The molecular weight excluding hydrogens is 457 g/mol. The molecule has 1 fully saturated rings. The van der Waals surface area contributed by atoms with Gasteiger partial charge in [-0.05, 0) is 24.6 Å². The van der Waals surface area contributed by atoms with Crippen molar-refractivity contribution in [2.24, 2.45) is 0 Å². The summed E-state index contributed by atoms with van der Waals surface area (Å²) in [5, 5.41) is 22.1. The molecule has 1 atom stereocenters. The van der Waals surface area contributed by atoms with E-state index in [2.05, 4.69) is 25.4 Å². The molecule has 0 aliphatic carbocycles. The number of likely N-dealkylation sites (tertiary alicyclic amines) is 1. The van der Waals surface area contributed by atoms with Crippen molar-refractivity contribution in [2.45, 2.75) is 25.1 Å². The van der Waals surface area contributed by atoms with Gasteiger partial charge < -0.3 is 25.0 Å². The molecule has 3 N–H and O–H groups in total. The van der Waals surface area contributed by atoms with Crippen molar-refractivity contribution in [3.63, 3.8) is 0 Å². The number of aliphatic hydroxyl groups excluding tert-OH is 2. The van der Waals surface area contributed by atoms with E-state index in [0.717, 1.165) is 7.11 Å². The Bertz CT molecular complexity index is 1020. The number of amides is 1. The molecule has 34 heavy (non-hydrogen) atoms. The Morgan fingerprint density at radius 2 is 1.79 bits per heavy atom. The van der Waals surface area contributed by atoms with Crippen molar-refractivity contribution in [3.05, 3.63) is 42.8 Å². The lowest BCUT2D eigenvalue weighted by molar-refractivity contribution is -0.133. The number of aliphatic hydroxyl groups is 2. The van der Waals surface area contributed by atoms with Crippen LogP contribution in [0.5, 0.6) is 0 Å². The summed E-state index contributed by atoms with van der Waals surface area (Å²) in [4.78, 5) is 24.6. The number of nitrogens with one attached hydrogen (secondary N) is 1. The minimum absolute atomic E-state index is 0.116. The highest BCUT2D eigenvalue weighted by Gasteiger charge is 2.26. The minimum Gasteiger partial charge on any atom is -0.400 e. The van der Waals surface area contributed by atoms with E-state index < -0.39 is 18.7 Å². The Kier molecular flexibility index (Phi) is 9.89. The number of halogens is 3. The van der Waals surface area contributed by atoms with E-state index in [1.165, 1.54) is 17.4 Å². The topological polar surface area (TPSA) is 138 Å². The van der Waals surface area contributed by atoms with Crippen LogP contribution in [0.4, 0.5) is 19.1 Å². The van der Waals surface area contributed by atoms with Gasteiger partial charge in [0.05, 0.1) is 23.5 Å². The normalized spacial score (nSPS) is 15.2. The number of anilines is 1. The van der Waals surface area contributed by atoms with Crippen LogP contribution in [0.3, 0.4) is 0 Å². The molecule has 1 unspecified atom stereocenters. The molecule has 3 aromatic rings. The largest absolute Gasteiger partial charge is 0.400 e. The van der Waals surface area contributed by atoms with E-state index in [1.807, 2.05) is 0 Å². The summed E-state index contributed by atoms with van der Waals surface area (Å²) in [5.74, 6) is -0.0320. The Morgan fingerprint density at radius 3 is 2.32 bits per heavy atom. The monoisotopic (exact) mass is 482 g/mol. The average Bonchev–Trinajstić information content (AvgIpc) is 3.47. The van der Waals surface area contributed by atoms with Crippen LogP contribution in [0.15, 0.2) is 47.3 Å². The van der Waals surface area contributed by atoms with Gasteiger partial charge in [-0.25, -0.2) is 15.0 Å². The van der Waals surface area contributed by atoms with Crippen molar-refractivity contribution in [2.75, 3.05) is 32.6 Å². The van der Waals surface area contributed by atoms with Crippen LogP contribution in [0, 0.1) is 0 Å². The van der Waals surface area contributed by atoms with Crippen LogP contribution in [-0.4, -0.2) is 80.7 Å². The third-order valence-electron chi connectivity index (χ3n) is 4.46. The number of pyridine rings is 1. The Labute approximate surface area is 193 Å². The molecule has 1 aliphatic rings. The smallest absolute Gasteiger partial charge is 0.390 e. The quantitative estimate of drug-likeness (QED) is 0.500. The van der Waals surface area contributed by atoms with Gasteiger partial charge in [-0.1, -0.05) is 11.2 Å². The van der Waals surface area contributed by atoms with Gasteiger partial charge in [0, 0.05) is 39.5 Å². The minimum atomic E-state index is -4.22. The molecule has 0 aromatic carbocycles. The molecule has 0 saturated carbocycles. The molecule has 4 heterocycles. The SMILES string of the molecule is CN1CCC(O)C1=O.CO.FC(F)(F)CCNc1nccc(-c2cccc(-c3ccon3)n2)n1. The highest BCUT2D eigenvalue weighted by atomic mass is 19.4. The second kappa shape index (κ2) is 12.6. The van der Waals surface area contributed by atoms with Gasteiger partial charge in [-0.15, -0.1) is 0 Å². The molecule has 13 heteroatoms. The molecule has 1 amide bonds. The van der Waals surface area contributed by atoms with Crippen LogP contribution in [0.2, 0.25) is 0 Å². The molecule has 0 bridgehead atoms. The molecular formula is C21H25F3N6O4. The van der Waals surface area contributed by atoms with E-state index in [0.29, 0.717) is 35.7 Å². The first-order chi connectivity index (χ1) is 16.2. The highest BCUT2D eigenvalue weighted by Crippen LogP contribution is 2.21. The summed E-state index contributed by atoms with van der Waals surface area (Å²) in [7, 11) is 2.69. The lowest BCUT2D eigenvalue weighted by Crippen LogP contribution is -2.24. The van der Waals surface area contributed by atoms with Gasteiger partial charge in [0.2, 0.25) is 5.95 Å². The van der Waals surface area contributed by atoms with E-state index in [-0.39, 0.29) is 18.4 Å². The number of hydrogen-bond acceptors (Lipinski definition) is 9. The van der Waals surface area contributed by atoms with Gasteiger partial charge in [0.25, 0.3) is 5.91 Å². The number of rotatable bonds is 5. The molecule has 10 nitrogen and oxygen atoms in total. The van der Waals surface area contributed by atoms with E-state index >= 15 is 0 Å². The number of aromatic nitrogens is 4. The first-order valence-corrected chi connectivity index (χ1v) is 10.1. The van der Waals surface area contributed by atoms with Crippen LogP contribution in [0.1, 0.15) is 12.8 Å². The van der Waals surface area contributed by atoms with Gasteiger partial charge in [0.1, 0.15) is 18.1 Å². The first-order valence-electron chi connectivity index (χ1n) is 10.1. The van der Waals surface area contributed by atoms with Gasteiger partial charge in [-0.2, -0.15) is 13.2 Å². The van der Waals surface area contributed by atoms with Gasteiger partial charge in [-0.3, -0.25) is 4.79 Å². The second-order valence-electron chi connectivity index (χ2n) is 6.91. The van der Waals surface area contributed by atoms with Crippen molar-refractivity contribution in [1.29, 1.82) is 0 Å². The molecule has 1 aliphatic heterocycles. The number of hydrogen-bond donors (Lipinski definition) is 3. The zero-order chi connectivity index (χ0) is 25.1. The summed E-state index contributed by atoms with van der Waals surface area (Å²) < 4.78 is 41.3. The maximum absolute atomic E-state index is 12.2. The fourth-order valence-corrected chi connectivity index (χ4v) is 2.77. The number of carbonyl (C=O) groups excluding carboxylic acids is 1. The Hall–Kier alpha value is -3.58. The summed E-state index contributed by atoms with van der Waals surface area (Å²) in [5.41, 5.74) is 2.22. The highest BCUT2D eigenvalue weighted by molar-refractivity contribution is 5.82. The third kappa shape index (κ3) is 8.08. The molecule has 0 spiro atoms. The predicted octanol–water partition coefficient (Wildman–Crippen LogP) is 2.38. The summed E-state index contributed by atoms with van der Waals surface area (Å²) >= 11 is 0. The van der Waals surface area contributed by atoms with E-state index in [9.17, 15) is 18.0 Å². The number of alkyl halides is 3. The molecule has 184 valence electrons. The van der Waals surface area contributed by atoms with Crippen LogP contribution < -0.4 is 5.32 Å². The molecule has 1 saturated heterocycles. The zero-order valence-electron chi connectivity index (χ0n) is 18.5. The van der Waals surface area contributed by atoms with Crippen molar-refractivity contribution < 1.29 is 32.7 Å². The predicted molar refractivity (Wildman–Crippen MR) is 116 cm³/mol. The van der Waals surface area contributed by atoms with E-state index in [1.54, 1.807) is 37.4 Å². The Balaban J connectivity index is 0.000000343. The van der Waals surface area contributed by atoms with Crippen LogP contribution in [0.25, 0.3) is 22.8 Å². The van der Waals surface area contributed by atoms with Gasteiger partial charge >= 0.3 is 6.18 Å². The van der Waals surface area contributed by atoms with Crippen LogP contribution in [-0.2, 0) is 4.79 Å². The van der Waals surface area contributed by atoms with Crippen molar-refractivity contribution in [1.82, 2.24) is 25.0 Å². The number of likely N-dealkylation sites (N-methyl/N-ethyl adjacent to an activating group) is 1. The number of carbonyl (C=O) groups is 1. The lowest BCUT2D eigenvalue weighted by atomic mass is 10.2. The summed E-state index contributed by atoms with van der Waals surface area (Å²) in [6.07, 6.45) is -2.41.